The molecule has 0 saturated carbocycles. The van der Waals surface area contributed by atoms with Crippen molar-refractivity contribution in [3.63, 3.8) is 0 Å². The van der Waals surface area contributed by atoms with Crippen molar-refractivity contribution in [1.82, 2.24) is 25.1 Å². The number of para-hydroxylation sites is 2. The van der Waals surface area contributed by atoms with Gasteiger partial charge in [-0.05, 0) is 57.1 Å². The summed E-state index contributed by atoms with van der Waals surface area (Å²) in [4.78, 5) is 45.8. The fraction of sp³-hybridized carbons (Fsp3) is 0.630. The molecule has 2 heterocycles. The lowest BCUT2D eigenvalue weighted by Crippen LogP contribution is -2.52. The Morgan fingerprint density at radius 2 is 1.86 bits per heavy atom. The zero-order chi connectivity index (χ0) is 25.5. The summed E-state index contributed by atoms with van der Waals surface area (Å²) in [5, 5.41) is 5.84. The highest BCUT2D eigenvalue weighted by molar-refractivity contribution is 5.92. The van der Waals surface area contributed by atoms with E-state index in [4.69, 9.17) is 0 Å². The van der Waals surface area contributed by atoms with Gasteiger partial charge in [0.25, 0.3) is 0 Å². The van der Waals surface area contributed by atoms with Crippen LogP contribution < -0.4 is 10.6 Å². The van der Waals surface area contributed by atoms with Crippen molar-refractivity contribution in [2.45, 2.75) is 90.8 Å². The average molecular weight is 484 g/mol. The number of benzene rings is 1. The second-order valence-electron chi connectivity index (χ2n) is 10.1. The fourth-order valence-corrected chi connectivity index (χ4v) is 4.87. The molecule has 0 bridgehead atoms. The van der Waals surface area contributed by atoms with Crippen molar-refractivity contribution in [3.05, 3.63) is 30.1 Å². The summed E-state index contributed by atoms with van der Waals surface area (Å²) in [5.41, 5.74) is 1.84. The van der Waals surface area contributed by atoms with E-state index in [1.165, 1.54) is 0 Å². The van der Waals surface area contributed by atoms with Crippen LogP contribution in [-0.4, -0.2) is 50.8 Å². The number of imidazole rings is 1. The monoisotopic (exact) mass is 483 g/mol. The zero-order valence-electron chi connectivity index (χ0n) is 21.8. The van der Waals surface area contributed by atoms with Gasteiger partial charge in [0.05, 0.1) is 23.5 Å². The first kappa shape index (κ1) is 26.7. The third kappa shape index (κ3) is 6.83. The summed E-state index contributed by atoms with van der Waals surface area (Å²) < 4.78 is 1.96. The molecule has 3 amide bonds. The Balaban J connectivity index is 1.74. The van der Waals surface area contributed by atoms with Gasteiger partial charge < -0.3 is 20.1 Å². The van der Waals surface area contributed by atoms with E-state index in [0.29, 0.717) is 18.9 Å². The molecule has 0 spiro atoms. The minimum absolute atomic E-state index is 0.0367. The fourth-order valence-electron chi connectivity index (χ4n) is 4.87. The molecule has 192 valence electrons. The molecule has 8 heteroatoms. The maximum atomic E-state index is 13.4. The maximum Gasteiger partial charge on any atom is 0.243 e. The molecule has 1 aromatic heterocycles. The Morgan fingerprint density at radius 1 is 1.11 bits per heavy atom. The highest BCUT2D eigenvalue weighted by atomic mass is 16.2. The van der Waals surface area contributed by atoms with E-state index < -0.39 is 6.04 Å². The van der Waals surface area contributed by atoms with Crippen molar-refractivity contribution < 1.29 is 14.4 Å². The number of piperidine rings is 1. The maximum absolute atomic E-state index is 13.4. The van der Waals surface area contributed by atoms with Crippen molar-refractivity contribution in [2.24, 2.45) is 13.0 Å². The standard InChI is InChI=1S/C27H41N5O3/c1-6-20-11-9-10-16-32(20)25(34)17-22(29-24(33)15-14-18(2)3)27(35)28-19(4)26-30-21-12-7-8-13-23(21)31(26)5/h7-8,12-13,18-20,22H,6,9-11,14-17H2,1-5H3,(H,28,35)(H,29,33)/t19-,20-,22-/m0/s1. The number of nitrogens with zero attached hydrogens (tertiary/aromatic N) is 3. The van der Waals surface area contributed by atoms with Crippen molar-refractivity contribution in [3.8, 4) is 0 Å². The largest absolute Gasteiger partial charge is 0.345 e. The third-order valence-corrected chi connectivity index (χ3v) is 6.97. The number of hydrogen-bond donors (Lipinski definition) is 2. The molecular formula is C27H41N5O3. The molecule has 35 heavy (non-hydrogen) atoms. The number of amides is 3. The van der Waals surface area contributed by atoms with Crippen LogP contribution in [0.2, 0.25) is 0 Å². The minimum Gasteiger partial charge on any atom is -0.345 e. The first-order valence-electron chi connectivity index (χ1n) is 13.0. The van der Waals surface area contributed by atoms with E-state index in [9.17, 15) is 14.4 Å². The van der Waals surface area contributed by atoms with Gasteiger partial charge in [-0.1, -0.05) is 32.9 Å². The number of hydrogen-bond acceptors (Lipinski definition) is 4. The summed E-state index contributed by atoms with van der Waals surface area (Å²) in [6.45, 7) is 8.79. The molecule has 1 aromatic carbocycles. The van der Waals surface area contributed by atoms with E-state index in [2.05, 4.69) is 36.4 Å². The average Bonchev–Trinajstić information content (AvgIpc) is 3.18. The molecule has 1 aliphatic rings. The highest BCUT2D eigenvalue weighted by Gasteiger charge is 2.31. The number of nitrogens with one attached hydrogen (secondary N) is 2. The first-order chi connectivity index (χ1) is 16.7. The number of carbonyl (C=O) groups excluding carboxylic acids is 3. The molecule has 3 atom stereocenters. The van der Waals surface area contributed by atoms with Gasteiger partial charge in [0.15, 0.2) is 0 Å². The smallest absolute Gasteiger partial charge is 0.243 e. The molecule has 3 rings (SSSR count). The Bertz CT molecular complexity index is 1030. The number of likely N-dealkylation sites (tertiary alicyclic amines) is 1. The Kier molecular flexibility index (Phi) is 9.29. The second kappa shape index (κ2) is 12.2. The summed E-state index contributed by atoms with van der Waals surface area (Å²) in [5.74, 6) is 0.466. The summed E-state index contributed by atoms with van der Waals surface area (Å²) >= 11 is 0. The van der Waals surface area contributed by atoms with Gasteiger partial charge in [-0.25, -0.2) is 4.98 Å². The molecule has 1 fully saturated rings. The van der Waals surface area contributed by atoms with Crippen molar-refractivity contribution >= 4 is 28.8 Å². The normalized spacial score (nSPS) is 17.9. The van der Waals surface area contributed by atoms with Gasteiger partial charge in [0.1, 0.15) is 11.9 Å². The molecule has 2 aromatic rings. The summed E-state index contributed by atoms with van der Waals surface area (Å²) in [7, 11) is 1.92. The van der Waals surface area contributed by atoms with E-state index >= 15 is 0 Å². The van der Waals surface area contributed by atoms with Gasteiger partial charge in [-0.3, -0.25) is 14.4 Å². The molecule has 8 nitrogen and oxygen atoms in total. The minimum atomic E-state index is -0.918. The van der Waals surface area contributed by atoms with Gasteiger partial charge >= 0.3 is 0 Å². The Labute approximate surface area is 208 Å². The number of fused-ring (bicyclic) bond motifs is 1. The number of rotatable bonds is 10. The Morgan fingerprint density at radius 3 is 2.54 bits per heavy atom. The van der Waals surface area contributed by atoms with Crippen LogP contribution in [0.5, 0.6) is 0 Å². The van der Waals surface area contributed by atoms with E-state index in [0.717, 1.165) is 49.0 Å². The van der Waals surface area contributed by atoms with Crippen LogP contribution in [-0.2, 0) is 21.4 Å². The number of aromatic nitrogens is 2. The van der Waals surface area contributed by atoms with Gasteiger partial charge in [-0.15, -0.1) is 0 Å². The molecule has 1 aliphatic heterocycles. The Hall–Kier alpha value is -2.90. The van der Waals surface area contributed by atoms with Crippen LogP contribution in [0.1, 0.15) is 84.5 Å². The molecule has 0 unspecified atom stereocenters. The predicted octanol–water partition coefficient (Wildman–Crippen LogP) is 3.85. The molecule has 2 N–H and O–H groups in total. The van der Waals surface area contributed by atoms with Crippen LogP contribution in [0, 0.1) is 5.92 Å². The highest BCUT2D eigenvalue weighted by Crippen LogP contribution is 2.22. The second-order valence-corrected chi connectivity index (χ2v) is 10.1. The number of carbonyl (C=O) groups is 3. The molecular weight excluding hydrogens is 442 g/mol. The van der Waals surface area contributed by atoms with Gasteiger partial charge in [0, 0.05) is 26.1 Å². The lowest BCUT2D eigenvalue weighted by atomic mass is 9.98. The third-order valence-electron chi connectivity index (χ3n) is 6.97. The van der Waals surface area contributed by atoms with E-state index in [1.807, 2.05) is 47.7 Å². The molecule has 0 radical (unpaired) electrons. The van der Waals surface area contributed by atoms with Crippen LogP contribution in [0.3, 0.4) is 0 Å². The van der Waals surface area contributed by atoms with Crippen LogP contribution >= 0.6 is 0 Å². The zero-order valence-corrected chi connectivity index (χ0v) is 21.8. The molecule has 1 saturated heterocycles. The summed E-state index contributed by atoms with van der Waals surface area (Å²) in [6.07, 6.45) is 5.00. The SMILES string of the molecule is CC[C@H]1CCCCN1C(=O)C[C@H](NC(=O)CCC(C)C)C(=O)N[C@@H](C)c1nc2ccccc2n1C. The van der Waals surface area contributed by atoms with Gasteiger partial charge in [-0.2, -0.15) is 0 Å². The molecule has 0 aliphatic carbocycles. The number of aryl methyl sites for hydroxylation is 1. The van der Waals surface area contributed by atoms with Crippen LogP contribution in [0.15, 0.2) is 24.3 Å². The first-order valence-corrected chi connectivity index (χ1v) is 13.0. The predicted molar refractivity (Wildman–Crippen MR) is 138 cm³/mol. The van der Waals surface area contributed by atoms with E-state index in [1.54, 1.807) is 0 Å². The van der Waals surface area contributed by atoms with Crippen LogP contribution in [0.25, 0.3) is 11.0 Å². The lowest BCUT2D eigenvalue weighted by Gasteiger charge is -2.36. The topological polar surface area (TPSA) is 96.3 Å². The summed E-state index contributed by atoms with van der Waals surface area (Å²) in [6, 6.07) is 6.71. The van der Waals surface area contributed by atoms with Crippen molar-refractivity contribution in [2.75, 3.05) is 6.54 Å². The van der Waals surface area contributed by atoms with Gasteiger partial charge in [0.2, 0.25) is 17.7 Å². The van der Waals surface area contributed by atoms with E-state index in [-0.39, 0.29) is 36.2 Å². The quantitative estimate of drug-likeness (QED) is 0.536. The van der Waals surface area contributed by atoms with Crippen LogP contribution in [0.4, 0.5) is 0 Å². The van der Waals surface area contributed by atoms with Crippen molar-refractivity contribution in [1.29, 1.82) is 0 Å². The lowest BCUT2D eigenvalue weighted by molar-refractivity contribution is -0.139.